The smallest absolute Gasteiger partial charge is 0.341 e. The Bertz CT molecular complexity index is 371. The van der Waals surface area contributed by atoms with Gasteiger partial charge in [0.05, 0.1) is 11.9 Å². The first kappa shape index (κ1) is 11.2. The average Bonchev–Trinajstić information content (AvgIpc) is 2.15. The maximum atomic E-state index is 11.8. The van der Waals surface area contributed by atoms with Crippen molar-refractivity contribution < 1.29 is 23.4 Å². The molecule has 82 valence electrons. The molecule has 1 aromatic rings. The lowest BCUT2D eigenvalue weighted by atomic mass is 10.2. The monoisotopic (exact) mass is 218 g/mol. The first-order valence-electron chi connectivity index (χ1n) is 3.90. The number of nitrogens with zero attached hydrogens (tertiary/aromatic N) is 1. The highest BCUT2D eigenvalue weighted by Crippen LogP contribution is 2.18. The number of pyridine rings is 1. The van der Waals surface area contributed by atoms with Crippen LogP contribution in [0.2, 0.25) is 0 Å². The molecule has 0 fully saturated rings. The van der Waals surface area contributed by atoms with E-state index in [1.54, 1.807) is 0 Å². The SMILES string of the molecule is Nc1cnc(OCC(F)F)c(C(=O)O)c1. The molecule has 15 heavy (non-hydrogen) atoms. The minimum atomic E-state index is -2.69. The van der Waals surface area contributed by atoms with E-state index in [1.165, 1.54) is 0 Å². The molecule has 1 aromatic heterocycles. The van der Waals surface area contributed by atoms with Gasteiger partial charge in [-0.15, -0.1) is 0 Å². The molecule has 0 aliphatic heterocycles. The van der Waals surface area contributed by atoms with E-state index in [1.807, 2.05) is 0 Å². The Morgan fingerprint density at radius 1 is 1.67 bits per heavy atom. The number of nitrogens with two attached hydrogens (primary N) is 1. The number of carbonyl (C=O) groups is 1. The molecule has 0 aliphatic rings. The maximum Gasteiger partial charge on any atom is 0.341 e. The third kappa shape index (κ3) is 3.04. The number of aromatic carboxylic acids is 1. The third-order valence-corrected chi connectivity index (χ3v) is 1.45. The van der Waals surface area contributed by atoms with Gasteiger partial charge in [0.1, 0.15) is 5.56 Å². The highest BCUT2D eigenvalue weighted by Gasteiger charge is 2.15. The quantitative estimate of drug-likeness (QED) is 0.787. The summed E-state index contributed by atoms with van der Waals surface area (Å²) in [6.45, 7) is -0.906. The van der Waals surface area contributed by atoms with Crippen molar-refractivity contribution in [1.29, 1.82) is 0 Å². The number of carboxylic acids is 1. The van der Waals surface area contributed by atoms with Crippen molar-refractivity contribution in [3.8, 4) is 5.88 Å². The molecule has 0 aliphatic carbocycles. The predicted octanol–water partition coefficient (Wildman–Crippen LogP) is 1.01. The molecular weight excluding hydrogens is 210 g/mol. The van der Waals surface area contributed by atoms with Crippen molar-refractivity contribution in [2.45, 2.75) is 6.43 Å². The largest absolute Gasteiger partial charge is 0.477 e. The van der Waals surface area contributed by atoms with Crippen LogP contribution in [0.3, 0.4) is 0 Å². The van der Waals surface area contributed by atoms with Crippen LogP contribution in [0.4, 0.5) is 14.5 Å². The number of carboxylic acid groups (broad SMARTS) is 1. The van der Waals surface area contributed by atoms with Crippen LogP contribution < -0.4 is 10.5 Å². The zero-order valence-corrected chi connectivity index (χ0v) is 7.48. The van der Waals surface area contributed by atoms with Gasteiger partial charge in [0.2, 0.25) is 5.88 Å². The zero-order chi connectivity index (χ0) is 11.4. The molecule has 0 spiro atoms. The van der Waals surface area contributed by atoms with Gasteiger partial charge in [-0.3, -0.25) is 0 Å². The van der Waals surface area contributed by atoms with Gasteiger partial charge in [-0.1, -0.05) is 0 Å². The van der Waals surface area contributed by atoms with E-state index >= 15 is 0 Å². The van der Waals surface area contributed by atoms with E-state index < -0.39 is 19.0 Å². The average molecular weight is 218 g/mol. The van der Waals surface area contributed by atoms with Crippen LogP contribution in [0.15, 0.2) is 12.3 Å². The van der Waals surface area contributed by atoms with Gasteiger partial charge >= 0.3 is 5.97 Å². The van der Waals surface area contributed by atoms with Crippen LogP contribution in [-0.2, 0) is 0 Å². The Labute approximate surface area is 83.5 Å². The first-order chi connectivity index (χ1) is 7.00. The van der Waals surface area contributed by atoms with Crippen molar-refractivity contribution in [3.63, 3.8) is 0 Å². The molecule has 0 aromatic carbocycles. The van der Waals surface area contributed by atoms with E-state index in [2.05, 4.69) is 9.72 Å². The van der Waals surface area contributed by atoms with Gasteiger partial charge in [0.15, 0.2) is 6.61 Å². The topological polar surface area (TPSA) is 85.4 Å². The van der Waals surface area contributed by atoms with Gasteiger partial charge in [-0.05, 0) is 6.07 Å². The number of hydrogen-bond acceptors (Lipinski definition) is 4. The van der Waals surface area contributed by atoms with E-state index in [0.717, 1.165) is 12.3 Å². The molecule has 1 heterocycles. The second kappa shape index (κ2) is 4.54. The summed E-state index contributed by atoms with van der Waals surface area (Å²) in [6, 6.07) is 1.09. The molecule has 3 N–H and O–H groups in total. The molecule has 7 heteroatoms. The first-order valence-corrected chi connectivity index (χ1v) is 3.90. The van der Waals surface area contributed by atoms with E-state index in [0.29, 0.717) is 0 Å². The summed E-state index contributed by atoms with van der Waals surface area (Å²) >= 11 is 0. The fourth-order valence-corrected chi connectivity index (χ4v) is 0.879. The van der Waals surface area contributed by atoms with Gasteiger partial charge in [-0.2, -0.15) is 0 Å². The minimum Gasteiger partial charge on any atom is -0.477 e. The summed E-state index contributed by atoms with van der Waals surface area (Å²) < 4.78 is 28.1. The lowest BCUT2D eigenvalue weighted by Crippen LogP contribution is -2.11. The summed E-state index contributed by atoms with van der Waals surface area (Å²) in [6.07, 6.45) is -1.56. The van der Waals surface area contributed by atoms with Crippen molar-refractivity contribution in [2.75, 3.05) is 12.3 Å². The number of halogens is 2. The Balaban J connectivity index is 2.91. The van der Waals surface area contributed by atoms with Crippen molar-refractivity contribution in [3.05, 3.63) is 17.8 Å². The Morgan fingerprint density at radius 2 is 2.33 bits per heavy atom. The molecule has 0 amide bonds. The van der Waals surface area contributed by atoms with Crippen LogP contribution in [0, 0.1) is 0 Å². The molecule has 1 rings (SSSR count). The number of ether oxygens (including phenoxy) is 1. The standard InChI is InChI=1S/C8H8F2N2O3/c9-6(10)3-15-7-5(8(13)14)1-4(11)2-12-7/h1-2,6H,3,11H2,(H,13,14). The summed E-state index contributed by atoms with van der Waals surface area (Å²) in [7, 11) is 0. The molecule has 0 bridgehead atoms. The molecule has 0 saturated carbocycles. The lowest BCUT2D eigenvalue weighted by molar-refractivity contribution is 0.0656. The van der Waals surface area contributed by atoms with Gasteiger partial charge in [-0.25, -0.2) is 18.6 Å². The Kier molecular flexibility index (Phi) is 3.37. The number of alkyl halides is 2. The lowest BCUT2D eigenvalue weighted by Gasteiger charge is -2.07. The maximum absolute atomic E-state index is 11.8. The molecule has 0 atom stereocenters. The summed E-state index contributed by atoms with van der Waals surface area (Å²) in [5.74, 6) is -1.70. The van der Waals surface area contributed by atoms with Gasteiger partial charge in [0.25, 0.3) is 6.43 Å². The van der Waals surface area contributed by atoms with Crippen molar-refractivity contribution >= 4 is 11.7 Å². The van der Waals surface area contributed by atoms with Crippen molar-refractivity contribution in [2.24, 2.45) is 0 Å². The number of anilines is 1. The molecule has 0 unspecified atom stereocenters. The molecule has 5 nitrogen and oxygen atoms in total. The van der Waals surface area contributed by atoms with Gasteiger partial charge < -0.3 is 15.6 Å². The fraction of sp³-hybridized carbons (Fsp3) is 0.250. The number of rotatable bonds is 4. The number of nitrogen functional groups attached to an aromatic ring is 1. The van der Waals surface area contributed by atoms with Crippen LogP contribution >= 0.6 is 0 Å². The normalized spacial score (nSPS) is 10.3. The van der Waals surface area contributed by atoms with E-state index in [-0.39, 0.29) is 17.1 Å². The fourth-order valence-electron chi connectivity index (χ4n) is 0.879. The van der Waals surface area contributed by atoms with Crippen LogP contribution in [0.1, 0.15) is 10.4 Å². The Morgan fingerprint density at radius 3 is 2.87 bits per heavy atom. The number of hydrogen-bond donors (Lipinski definition) is 2. The van der Waals surface area contributed by atoms with Gasteiger partial charge in [0, 0.05) is 0 Å². The second-order valence-electron chi connectivity index (χ2n) is 2.63. The van der Waals surface area contributed by atoms with E-state index in [4.69, 9.17) is 10.8 Å². The zero-order valence-electron chi connectivity index (χ0n) is 7.48. The molecular formula is C8H8F2N2O3. The summed E-state index contributed by atoms with van der Waals surface area (Å²) in [5.41, 5.74) is 5.08. The second-order valence-corrected chi connectivity index (χ2v) is 2.63. The molecule has 0 saturated heterocycles. The van der Waals surface area contributed by atoms with Crippen LogP contribution in [0.5, 0.6) is 5.88 Å². The Hall–Kier alpha value is -1.92. The van der Waals surface area contributed by atoms with Crippen LogP contribution in [0.25, 0.3) is 0 Å². The van der Waals surface area contributed by atoms with E-state index in [9.17, 15) is 13.6 Å². The van der Waals surface area contributed by atoms with Crippen LogP contribution in [-0.4, -0.2) is 29.1 Å². The summed E-state index contributed by atoms with van der Waals surface area (Å²) in [4.78, 5) is 14.2. The number of aromatic nitrogens is 1. The molecule has 0 radical (unpaired) electrons. The minimum absolute atomic E-state index is 0.122. The highest BCUT2D eigenvalue weighted by molar-refractivity contribution is 5.91. The third-order valence-electron chi connectivity index (χ3n) is 1.45. The summed E-state index contributed by atoms with van der Waals surface area (Å²) in [5, 5.41) is 8.69. The highest BCUT2D eigenvalue weighted by atomic mass is 19.3. The van der Waals surface area contributed by atoms with Crippen molar-refractivity contribution in [1.82, 2.24) is 4.98 Å². The predicted molar refractivity (Wildman–Crippen MR) is 47.1 cm³/mol.